The van der Waals surface area contributed by atoms with E-state index in [1.54, 1.807) is 21.8 Å². The van der Waals surface area contributed by atoms with Gasteiger partial charge in [0, 0.05) is 31.5 Å². The Labute approximate surface area is 203 Å². The Morgan fingerprint density at radius 1 is 1.35 bits per heavy atom. The first-order valence-electron chi connectivity index (χ1n) is 12.1. The summed E-state index contributed by atoms with van der Waals surface area (Å²) in [5, 5.41) is 38.8. The molecule has 1 aliphatic rings. The van der Waals surface area contributed by atoms with Gasteiger partial charge in [0.15, 0.2) is 12.0 Å². The normalized spacial score (nSPS) is 19.8. The number of aliphatic hydroxyl groups excluding tert-OH is 2. The molecular formula is C24H42N6O4. The molecule has 0 bridgehead atoms. The molecule has 0 aliphatic carbocycles. The second-order valence-corrected chi connectivity index (χ2v) is 10.9. The number of likely N-dealkylation sites (tertiary alicyclic amines) is 1. The first-order valence-corrected chi connectivity index (χ1v) is 12.1. The van der Waals surface area contributed by atoms with Crippen LogP contribution >= 0.6 is 0 Å². The highest BCUT2D eigenvalue weighted by atomic mass is 16.5. The number of carbonyl (C=O) groups excluding carboxylic acids is 1. The summed E-state index contributed by atoms with van der Waals surface area (Å²) < 4.78 is 7.57. The van der Waals surface area contributed by atoms with Gasteiger partial charge >= 0.3 is 0 Å². The molecule has 0 spiro atoms. The van der Waals surface area contributed by atoms with Crippen molar-refractivity contribution in [2.75, 3.05) is 31.6 Å². The van der Waals surface area contributed by atoms with Crippen LogP contribution in [0, 0.1) is 16.9 Å². The van der Waals surface area contributed by atoms with Crippen LogP contribution in [0.15, 0.2) is 12.3 Å². The number of carbonyl (C=O) groups is 1. The van der Waals surface area contributed by atoms with Crippen LogP contribution in [0.2, 0.25) is 0 Å². The molecule has 2 heterocycles. The quantitative estimate of drug-likeness (QED) is 0.248. The highest BCUT2D eigenvalue weighted by molar-refractivity contribution is 5.94. The van der Waals surface area contributed by atoms with Gasteiger partial charge in [-0.3, -0.25) is 14.4 Å². The third kappa shape index (κ3) is 9.22. The Kier molecular flexibility index (Phi) is 10.3. The average molecular weight is 479 g/mol. The highest BCUT2D eigenvalue weighted by Gasteiger charge is 2.39. The molecule has 0 radical (unpaired) electrons. The predicted octanol–water partition coefficient (Wildman–Crippen LogP) is 1.70. The Morgan fingerprint density at radius 3 is 2.74 bits per heavy atom. The van der Waals surface area contributed by atoms with Crippen LogP contribution in [0.1, 0.15) is 60.3 Å². The summed E-state index contributed by atoms with van der Waals surface area (Å²) in [7, 11) is 0. The molecule has 10 nitrogen and oxygen atoms in total. The zero-order valence-corrected chi connectivity index (χ0v) is 21.3. The SMILES string of the molecule is CC(C)(C)CC1CCC(C(=O)Nc2ccn(CC(C)(C)OC[C@H](O)CNCCCO)n2)N1C#N. The fourth-order valence-corrected chi connectivity index (χ4v) is 4.21. The molecule has 1 saturated heterocycles. The van der Waals surface area contributed by atoms with Gasteiger partial charge in [0.1, 0.15) is 6.04 Å². The summed E-state index contributed by atoms with van der Waals surface area (Å²) in [5.74, 6) is 0.224. The fourth-order valence-electron chi connectivity index (χ4n) is 4.21. The van der Waals surface area contributed by atoms with Gasteiger partial charge in [-0.1, -0.05) is 20.8 Å². The van der Waals surface area contributed by atoms with Gasteiger partial charge in [-0.25, -0.2) is 0 Å². The highest BCUT2D eigenvalue weighted by Crippen LogP contribution is 2.33. The van der Waals surface area contributed by atoms with Crippen molar-refractivity contribution in [1.29, 1.82) is 5.26 Å². The van der Waals surface area contributed by atoms with Crippen molar-refractivity contribution in [3.63, 3.8) is 0 Å². The number of nitrogens with one attached hydrogen (secondary N) is 2. The lowest BCUT2D eigenvalue weighted by molar-refractivity contribution is -0.119. The fraction of sp³-hybridized carbons (Fsp3) is 0.792. The molecule has 4 N–H and O–H groups in total. The molecule has 1 aromatic rings. The number of aliphatic hydroxyl groups is 2. The summed E-state index contributed by atoms with van der Waals surface area (Å²) >= 11 is 0. The second-order valence-electron chi connectivity index (χ2n) is 10.9. The first-order chi connectivity index (χ1) is 15.9. The van der Waals surface area contributed by atoms with Crippen molar-refractivity contribution in [3.05, 3.63) is 12.3 Å². The number of rotatable bonds is 13. The maximum atomic E-state index is 12.9. The van der Waals surface area contributed by atoms with E-state index in [0.29, 0.717) is 38.3 Å². The van der Waals surface area contributed by atoms with E-state index in [4.69, 9.17) is 9.84 Å². The van der Waals surface area contributed by atoms with E-state index in [1.807, 2.05) is 13.8 Å². The number of hydrogen-bond acceptors (Lipinski definition) is 8. The minimum atomic E-state index is -0.651. The molecule has 3 atom stereocenters. The summed E-state index contributed by atoms with van der Waals surface area (Å²) in [6.07, 6.45) is 6.33. The summed E-state index contributed by atoms with van der Waals surface area (Å²) in [6.45, 7) is 12.0. The Hall–Kier alpha value is -2.19. The van der Waals surface area contributed by atoms with Crippen LogP contribution in [-0.4, -0.2) is 80.9 Å². The Balaban J connectivity index is 1.84. The van der Waals surface area contributed by atoms with Crippen molar-refractivity contribution in [3.8, 4) is 6.19 Å². The number of aromatic nitrogens is 2. The van der Waals surface area contributed by atoms with Gasteiger partial charge in [0.05, 0.1) is 24.9 Å². The standard InChI is InChI=1S/C24H42N6O4/c1-23(2,3)13-18-7-8-20(30(18)17-25)22(33)27-21-9-11-29(28-21)16-24(4,5)34-15-19(32)14-26-10-6-12-31/h9,11,18-20,26,31-32H,6-8,10,12-16H2,1-5H3,(H,27,28,33)/t18?,19-,20?/m1/s1. The molecule has 1 aliphatic heterocycles. The van der Waals surface area contributed by atoms with E-state index >= 15 is 0 Å². The molecule has 0 saturated carbocycles. The topological polar surface area (TPSA) is 136 Å². The number of nitrogens with zero attached hydrogens (tertiary/aromatic N) is 4. The lowest BCUT2D eigenvalue weighted by Gasteiger charge is -2.29. The average Bonchev–Trinajstić information content (AvgIpc) is 3.34. The lowest BCUT2D eigenvalue weighted by Crippen LogP contribution is -2.41. The summed E-state index contributed by atoms with van der Waals surface area (Å²) in [4.78, 5) is 14.5. The van der Waals surface area contributed by atoms with Crippen LogP contribution in [0.25, 0.3) is 0 Å². The summed E-state index contributed by atoms with van der Waals surface area (Å²) in [5.41, 5.74) is -0.492. The number of nitriles is 1. The number of hydrogen-bond donors (Lipinski definition) is 4. The summed E-state index contributed by atoms with van der Waals surface area (Å²) in [6, 6.07) is 1.33. The van der Waals surface area contributed by atoms with Gasteiger partial charge in [-0.05, 0) is 51.5 Å². The number of anilines is 1. The molecule has 2 unspecified atom stereocenters. The monoisotopic (exact) mass is 478 g/mol. The smallest absolute Gasteiger partial charge is 0.249 e. The predicted molar refractivity (Wildman–Crippen MR) is 130 cm³/mol. The molecule has 1 amide bonds. The van der Waals surface area contributed by atoms with Crippen molar-refractivity contribution in [2.45, 2.75) is 90.6 Å². The molecule has 192 valence electrons. The van der Waals surface area contributed by atoms with E-state index < -0.39 is 17.7 Å². The van der Waals surface area contributed by atoms with Crippen molar-refractivity contribution >= 4 is 11.7 Å². The van der Waals surface area contributed by atoms with Crippen molar-refractivity contribution < 1.29 is 19.7 Å². The van der Waals surface area contributed by atoms with Gasteiger partial charge in [-0.15, -0.1) is 0 Å². The molecule has 34 heavy (non-hydrogen) atoms. The Morgan fingerprint density at radius 2 is 2.09 bits per heavy atom. The zero-order valence-electron chi connectivity index (χ0n) is 21.3. The van der Waals surface area contributed by atoms with Gasteiger partial charge in [-0.2, -0.15) is 10.4 Å². The number of amides is 1. The van der Waals surface area contributed by atoms with Crippen molar-refractivity contribution in [2.24, 2.45) is 5.41 Å². The van der Waals surface area contributed by atoms with E-state index in [-0.39, 0.29) is 30.6 Å². The van der Waals surface area contributed by atoms with Crippen LogP contribution in [0.3, 0.4) is 0 Å². The molecule has 10 heteroatoms. The van der Waals surface area contributed by atoms with Crippen LogP contribution in [0.5, 0.6) is 0 Å². The minimum absolute atomic E-state index is 0.0801. The van der Waals surface area contributed by atoms with Gasteiger partial charge < -0.3 is 25.6 Å². The molecule has 1 fully saturated rings. The van der Waals surface area contributed by atoms with E-state index in [1.165, 1.54) is 0 Å². The maximum absolute atomic E-state index is 12.9. The third-order valence-electron chi connectivity index (χ3n) is 5.76. The molecule has 2 rings (SSSR count). The largest absolute Gasteiger partial charge is 0.396 e. The van der Waals surface area contributed by atoms with Crippen molar-refractivity contribution in [1.82, 2.24) is 20.0 Å². The lowest BCUT2D eigenvalue weighted by atomic mass is 9.87. The minimum Gasteiger partial charge on any atom is -0.396 e. The zero-order chi connectivity index (χ0) is 25.4. The molecular weight excluding hydrogens is 436 g/mol. The van der Waals surface area contributed by atoms with Crippen LogP contribution in [0.4, 0.5) is 5.82 Å². The maximum Gasteiger partial charge on any atom is 0.249 e. The second kappa shape index (κ2) is 12.5. The van der Waals surface area contributed by atoms with Crippen LogP contribution in [-0.2, 0) is 16.1 Å². The Bertz CT molecular complexity index is 813. The van der Waals surface area contributed by atoms with Gasteiger partial charge in [0.25, 0.3) is 0 Å². The van der Waals surface area contributed by atoms with E-state index in [2.05, 4.69) is 42.7 Å². The van der Waals surface area contributed by atoms with E-state index in [0.717, 1.165) is 12.8 Å². The number of ether oxygens (including phenoxy) is 1. The third-order valence-corrected chi connectivity index (χ3v) is 5.76. The molecule has 1 aromatic heterocycles. The first kappa shape index (κ1) is 28.1. The van der Waals surface area contributed by atoms with Crippen LogP contribution < -0.4 is 10.6 Å². The van der Waals surface area contributed by atoms with E-state index in [9.17, 15) is 15.2 Å². The molecule has 0 aromatic carbocycles. The van der Waals surface area contributed by atoms with Gasteiger partial charge in [0.2, 0.25) is 5.91 Å².